The average Bonchev–Trinajstić information content (AvgIpc) is 2.68. The van der Waals surface area contributed by atoms with Crippen molar-refractivity contribution in [2.45, 2.75) is 66.6 Å². The first-order valence-electron chi connectivity index (χ1n) is 11.0. The van der Waals surface area contributed by atoms with Crippen molar-refractivity contribution < 1.29 is 23.9 Å². The molecule has 8 nitrogen and oxygen atoms in total. The van der Waals surface area contributed by atoms with E-state index in [4.69, 9.17) is 9.47 Å². The van der Waals surface area contributed by atoms with E-state index in [1.54, 1.807) is 31.9 Å². The molecule has 0 radical (unpaired) electrons. The van der Waals surface area contributed by atoms with E-state index in [2.05, 4.69) is 5.32 Å². The van der Waals surface area contributed by atoms with E-state index in [0.29, 0.717) is 31.9 Å². The van der Waals surface area contributed by atoms with E-state index in [0.717, 1.165) is 0 Å². The van der Waals surface area contributed by atoms with Gasteiger partial charge in [-0.05, 0) is 32.2 Å². The highest BCUT2D eigenvalue weighted by atomic mass is 16.5. The molecule has 178 valence electrons. The molecule has 31 heavy (non-hydrogen) atoms. The minimum atomic E-state index is -0.724. The Morgan fingerprint density at radius 3 is 2.39 bits per heavy atom. The van der Waals surface area contributed by atoms with Gasteiger partial charge in [-0.15, -0.1) is 0 Å². The fourth-order valence-electron chi connectivity index (χ4n) is 3.52. The van der Waals surface area contributed by atoms with Crippen molar-refractivity contribution in [3.05, 3.63) is 11.6 Å². The first kappa shape index (κ1) is 27.1. The van der Waals surface area contributed by atoms with Crippen LogP contribution in [0.3, 0.4) is 0 Å². The Labute approximate surface area is 187 Å². The highest BCUT2D eigenvalue weighted by Gasteiger charge is 2.39. The monoisotopic (exact) mass is 439 g/mol. The van der Waals surface area contributed by atoms with Crippen LogP contribution < -0.4 is 5.32 Å². The van der Waals surface area contributed by atoms with Gasteiger partial charge in [0.1, 0.15) is 12.1 Å². The predicted molar refractivity (Wildman–Crippen MR) is 120 cm³/mol. The summed E-state index contributed by atoms with van der Waals surface area (Å²) in [6, 6.07) is -1.47. The van der Waals surface area contributed by atoms with Crippen LogP contribution in [0.1, 0.15) is 48.5 Å². The molecular formula is C23H41N3O5. The van der Waals surface area contributed by atoms with Crippen molar-refractivity contribution in [3.63, 3.8) is 0 Å². The van der Waals surface area contributed by atoms with Crippen molar-refractivity contribution in [2.75, 3.05) is 40.5 Å². The fourth-order valence-corrected chi connectivity index (χ4v) is 3.52. The molecule has 1 N–H and O–H groups in total. The quantitative estimate of drug-likeness (QED) is 0.459. The molecule has 1 rings (SSSR count). The minimum absolute atomic E-state index is 0.0625. The lowest BCUT2D eigenvalue weighted by Gasteiger charge is -2.39. The number of hydrogen-bond acceptors (Lipinski definition) is 6. The molecule has 1 aliphatic rings. The molecule has 2 unspecified atom stereocenters. The van der Waals surface area contributed by atoms with Gasteiger partial charge < -0.3 is 19.7 Å². The molecule has 0 saturated carbocycles. The lowest BCUT2D eigenvalue weighted by atomic mass is 9.85. The molecule has 0 aromatic heterocycles. The topological polar surface area (TPSA) is 88.2 Å². The van der Waals surface area contributed by atoms with Crippen LogP contribution in [-0.4, -0.2) is 86.2 Å². The van der Waals surface area contributed by atoms with Gasteiger partial charge in [-0.25, -0.2) is 4.79 Å². The normalized spacial score (nSPS) is 20.2. The zero-order valence-corrected chi connectivity index (χ0v) is 20.7. The molecule has 0 aliphatic carbocycles. The zero-order chi connectivity index (χ0) is 23.9. The summed E-state index contributed by atoms with van der Waals surface area (Å²) in [5.74, 6) is -0.752. The number of ether oxygens (including phenoxy) is 2. The van der Waals surface area contributed by atoms with Crippen molar-refractivity contribution in [1.82, 2.24) is 15.1 Å². The molecule has 1 heterocycles. The maximum absolute atomic E-state index is 13.5. The van der Waals surface area contributed by atoms with Crippen molar-refractivity contribution in [1.29, 1.82) is 0 Å². The van der Waals surface area contributed by atoms with E-state index in [1.807, 2.05) is 46.6 Å². The second-order valence-electron chi connectivity index (χ2n) is 9.63. The zero-order valence-electron chi connectivity index (χ0n) is 20.7. The van der Waals surface area contributed by atoms with E-state index in [-0.39, 0.29) is 23.8 Å². The minimum Gasteiger partial charge on any atom is -0.463 e. The second kappa shape index (κ2) is 11.6. The second-order valence-corrected chi connectivity index (χ2v) is 9.63. The lowest BCUT2D eigenvalue weighted by Crippen LogP contribution is -2.60. The summed E-state index contributed by atoms with van der Waals surface area (Å²) in [6.45, 7) is 15.1. The molecule has 0 aromatic carbocycles. The number of carbonyl (C=O) groups excluding carboxylic acids is 3. The first-order valence-corrected chi connectivity index (χ1v) is 11.0. The maximum Gasteiger partial charge on any atom is 0.333 e. The summed E-state index contributed by atoms with van der Waals surface area (Å²) >= 11 is 0. The average molecular weight is 440 g/mol. The standard InChI is InChI=1S/C23H41N3O5/c1-10-31-22(29)16(4)13-17(15(2)3)26(9)21(28)19(23(5,6)7)24-20(27)18-14-30-12-11-25(18)8/h13,15,17-19H,10-12,14H2,1-9H3,(H,24,27)/b16-13+/t17-,18?,19?/m1/s1. The van der Waals surface area contributed by atoms with Gasteiger partial charge in [-0.3, -0.25) is 14.5 Å². The Balaban J connectivity index is 3.10. The smallest absolute Gasteiger partial charge is 0.333 e. The number of amides is 2. The van der Waals surface area contributed by atoms with Crippen LogP contribution in [0.2, 0.25) is 0 Å². The third kappa shape index (κ3) is 7.61. The van der Waals surface area contributed by atoms with E-state index in [1.165, 1.54) is 0 Å². The van der Waals surface area contributed by atoms with Crippen LogP contribution >= 0.6 is 0 Å². The van der Waals surface area contributed by atoms with Gasteiger partial charge in [0.2, 0.25) is 11.8 Å². The molecule has 1 saturated heterocycles. The SMILES string of the molecule is CCOC(=O)/C(C)=C/[C@H](C(C)C)N(C)C(=O)C(NC(=O)C1COCCN1C)C(C)(C)C. The van der Waals surface area contributed by atoms with Crippen LogP contribution in [-0.2, 0) is 23.9 Å². The Morgan fingerprint density at radius 1 is 1.29 bits per heavy atom. The highest BCUT2D eigenvalue weighted by Crippen LogP contribution is 2.24. The van der Waals surface area contributed by atoms with Crippen LogP contribution in [0.25, 0.3) is 0 Å². The maximum atomic E-state index is 13.5. The molecule has 8 heteroatoms. The highest BCUT2D eigenvalue weighted by molar-refractivity contribution is 5.91. The number of carbonyl (C=O) groups is 3. The molecule has 1 fully saturated rings. The first-order chi connectivity index (χ1) is 14.3. The number of morpholine rings is 1. The van der Waals surface area contributed by atoms with Crippen molar-refractivity contribution >= 4 is 17.8 Å². The summed E-state index contributed by atoms with van der Waals surface area (Å²) in [5.41, 5.74) is -0.0474. The Bertz CT molecular complexity index is 669. The summed E-state index contributed by atoms with van der Waals surface area (Å²) in [5, 5.41) is 2.96. The van der Waals surface area contributed by atoms with Crippen LogP contribution in [0.15, 0.2) is 11.6 Å². The molecular weight excluding hydrogens is 398 g/mol. The van der Waals surface area contributed by atoms with E-state index in [9.17, 15) is 14.4 Å². The van der Waals surface area contributed by atoms with Crippen LogP contribution in [0, 0.1) is 11.3 Å². The van der Waals surface area contributed by atoms with Gasteiger partial charge in [0.05, 0.1) is 25.9 Å². The summed E-state index contributed by atoms with van der Waals surface area (Å²) < 4.78 is 10.5. The number of nitrogens with zero attached hydrogens (tertiary/aromatic N) is 2. The Morgan fingerprint density at radius 2 is 1.90 bits per heavy atom. The third-order valence-electron chi connectivity index (χ3n) is 5.59. The Hall–Kier alpha value is -1.93. The summed E-state index contributed by atoms with van der Waals surface area (Å²) in [7, 11) is 3.59. The Kier molecular flexibility index (Phi) is 10.2. The lowest BCUT2D eigenvalue weighted by molar-refractivity contribution is -0.143. The third-order valence-corrected chi connectivity index (χ3v) is 5.59. The molecule has 1 aliphatic heterocycles. The van der Waals surface area contributed by atoms with Crippen molar-refractivity contribution in [3.8, 4) is 0 Å². The van der Waals surface area contributed by atoms with Gasteiger partial charge in [-0.1, -0.05) is 40.7 Å². The molecule has 3 atom stereocenters. The predicted octanol–water partition coefficient (Wildman–Crippen LogP) is 1.84. The van der Waals surface area contributed by atoms with Gasteiger partial charge in [-0.2, -0.15) is 0 Å². The number of likely N-dealkylation sites (N-methyl/N-ethyl adjacent to an activating group) is 2. The number of rotatable bonds is 8. The van der Waals surface area contributed by atoms with Crippen LogP contribution in [0.4, 0.5) is 0 Å². The van der Waals surface area contributed by atoms with Gasteiger partial charge in [0.15, 0.2) is 0 Å². The summed E-state index contributed by atoms with van der Waals surface area (Å²) in [4.78, 5) is 42.1. The largest absolute Gasteiger partial charge is 0.463 e. The van der Waals surface area contributed by atoms with Gasteiger partial charge in [0, 0.05) is 19.2 Å². The fraction of sp³-hybridized carbons (Fsp3) is 0.783. The molecule has 2 amide bonds. The summed E-state index contributed by atoms with van der Waals surface area (Å²) in [6.07, 6.45) is 1.77. The van der Waals surface area contributed by atoms with E-state index < -0.39 is 23.5 Å². The van der Waals surface area contributed by atoms with Gasteiger partial charge in [0.25, 0.3) is 0 Å². The number of hydrogen-bond donors (Lipinski definition) is 1. The van der Waals surface area contributed by atoms with Crippen LogP contribution in [0.5, 0.6) is 0 Å². The molecule has 0 bridgehead atoms. The number of esters is 1. The molecule has 0 spiro atoms. The van der Waals surface area contributed by atoms with Crippen molar-refractivity contribution in [2.24, 2.45) is 11.3 Å². The molecule has 0 aromatic rings. The number of nitrogens with one attached hydrogen (secondary N) is 1. The van der Waals surface area contributed by atoms with E-state index >= 15 is 0 Å². The van der Waals surface area contributed by atoms with Gasteiger partial charge >= 0.3 is 5.97 Å².